The van der Waals surface area contributed by atoms with E-state index >= 15 is 0 Å². The molecule has 0 aliphatic heterocycles. The Morgan fingerprint density at radius 1 is 0.957 bits per heavy atom. The van der Waals surface area contributed by atoms with Crippen molar-refractivity contribution in [3.63, 3.8) is 0 Å². The zero-order chi connectivity index (χ0) is 16.3. The molecule has 0 saturated heterocycles. The first-order valence-electron chi connectivity index (χ1n) is 8.66. The van der Waals surface area contributed by atoms with E-state index in [4.69, 9.17) is 9.05 Å². The summed E-state index contributed by atoms with van der Waals surface area (Å²) in [6, 6.07) is 7.21. The highest BCUT2D eigenvalue weighted by atomic mass is 31.2. The maximum atomic E-state index is 13.4. The Bertz CT molecular complexity index is 579. The summed E-state index contributed by atoms with van der Waals surface area (Å²) in [6.07, 6.45) is 7.46. The van der Waals surface area contributed by atoms with Crippen LogP contribution >= 0.6 is 7.60 Å². The van der Waals surface area contributed by atoms with Crippen molar-refractivity contribution in [3.05, 3.63) is 35.4 Å². The maximum Gasteiger partial charge on any atom is 0.402 e. The van der Waals surface area contributed by atoms with Crippen molar-refractivity contribution >= 4 is 13.1 Å². The van der Waals surface area contributed by atoms with Gasteiger partial charge in [-0.3, -0.25) is 18.4 Å². The third-order valence-electron chi connectivity index (χ3n) is 4.80. The molecule has 0 N–H and O–H groups in total. The van der Waals surface area contributed by atoms with Crippen molar-refractivity contribution in [2.24, 2.45) is 0 Å². The molecule has 0 radical (unpaired) electrons. The highest BCUT2D eigenvalue weighted by Crippen LogP contribution is 2.56. The summed E-state index contributed by atoms with van der Waals surface area (Å²) >= 11 is 0. The summed E-state index contributed by atoms with van der Waals surface area (Å²) in [6.45, 7) is 1.85. The topological polar surface area (TPSA) is 52.6 Å². The molecule has 5 heteroatoms. The number of carbonyl (C=O) groups excluding carboxylic acids is 1. The van der Waals surface area contributed by atoms with Crippen LogP contribution in [0.1, 0.15) is 67.3 Å². The average Bonchev–Trinajstić information content (AvgIpc) is 3.21. The minimum Gasteiger partial charge on any atom is -0.300 e. The molecule has 2 fully saturated rings. The summed E-state index contributed by atoms with van der Waals surface area (Å²) in [7, 11) is -3.80. The van der Waals surface area contributed by atoms with Crippen molar-refractivity contribution in [2.75, 3.05) is 0 Å². The minimum atomic E-state index is -3.80. The van der Waals surface area contributed by atoms with Gasteiger partial charge in [0.25, 0.3) is 5.52 Å². The SMILES string of the molecule is Cc1ccccc1C(=O)P(=O)(OC1CCCC1)OC1CCCC1. The smallest absolute Gasteiger partial charge is 0.300 e. The molecule has 0 amide bonds. The van der Waals surface area contributed by atoms with E-state index < -0.39 is 13.1 Å². The van der Waals surface area contributed by atoms with E-state index in [0.29, 0.717) is 5.56 Å². The van der Waals surface area contributed by atoms with Crippen LogP contribution < -0.4 is 0 Å². The van der Waals surface area contributed by atoms with Gasteiger partial charge in [0.15, 0.2) is 0 Å². The van der Waals surface area contributed by atoms with Crippen LogP contribution in [0.2, 0.25) is 0 Å². The van der Waals surface area contributed by atoms with Crippen LogP contribution in [0.15, 0.2) is 24.3 Å². The van der Waals surface area contributed by atoms with Crippen LogP contribution in [0, 0.1) is 6.92 Å². The van der Waals surface area contributed by atoms with E-state index in [0.717, 1.165) is 56.9 Å². The van der Waals surface area contributed by atoms with Crippen molar-refractivity contribution < 1.29 is 18.4 Å². The van der Waals surface area contributed by atoms with Gasteiger partial charge in [-0.15, -0.1) is 0 Å². The second-order valence-corrected chi connectivity index (χ2v) is 8.46. The minimum absolute atomic E-state index is 0.116. The van der Waals surface area contributed by atoms with Crippen LogP contribution in [0.3, 0.4) is 0 Å². The number of aryl methyl sites for hydroxylation is 1. The molecule has 0 spiro atoms. The molecule has 2 aliphatic rings. The highest BCUT2D eigenvalue weighted by Gasteiger charge is 2.42. The number of rotatable bonds is 6. The molecule has 3 rings (SSSR count). The van der Waals surface area contributed by atoms with E-state index in [9.17, 15) is 9.36 Å². The Morgan fingerprint density at radius 3 is 1.91 bits per heavy atom. The molecule has 1 aromatic carbocycles. The largest absolute Gasteiger partial charge is 0.402 e. The average molecular weight is 336 g/mol. The van der Waals surface area contributed by atoms with Crippen LogP contribution in [0.4, 0.5) is 0 Å². The standard InChI is InChI=1S/C18H25O4P/c1-14-8-2-7-13-17(14)18(19)23(20,21-15-9-3-4-10-15)22-16-11-5-6-12-16/h2,7-8,13,15-16H,3-6,9-12H2,1H3. The fraction of sp³-hybridized carbons (Fsp3) is 0.611. The lowest BCUT2D eigenvalue weighted by Crippen LogP contribution is -2.18. The zero-order valence-electron chi connectivity index (χ0n) is 13.7. The third kappa shape index (κ3) is 3.93. The predicted molar refractivity (Wildman–Crippen MR) is 89.8 cm³/mol. The molecule has 23 heavy (non-hydrogen) atoms. The Hall–Kier alpha value is -0.960. The molecule has 4 nitrogen and oxygen atoms in total. The lowest BCUT2D eigenvalue weighted by Gasteiger charge is -2.24. The molecule has 0 aromatic heterocycles. The molecule has 126 valence electrons. The first-order chi connectivity index (χ1) is 11.1. The normalized spacial score (nSPS) is 20.2. The number of benzene rings is 1. The molecule has 2 saturated carbocycles. The van der Waals surface area contributed by atoms with Gasteiger partial charge in [-0.05, 0) is 38.2 Å². The Balaban J connectivity index is 1.85. The van der Waals surface area contributed by atoms with Crippen LogP contribution in [-0.4, -0.2) is 17.7 Å². The summed E-state index contributed by atoms with van der Waals surface area (Å²) in [5.74, 6) is 0. The van der Waals surface area contributed by atoms with E-state index in [2.05, 4.69) is 0 Å². The van der Waals surface area contributed by atoms with E-state index in [1.807, 2.05) is 19.1 Å². The number of hydrogen-bond donors (Lipinski definition) is 0. The molecular weight excluding hydrogens is 311 g/mol. The molecule has 1 aromatic rings. The van der Waals surface area contributed by atoms with Gasteiger partial charge in [0, 0.05) is 5.56 Å². The molecule has 0 heterocycles. The van der Waals surface area contributed by atoms with Crippen LogP contribution in [0.5, 0.6) is 0 Å². The summed E-state index contributed by atoms with van der Waals surface area (Å²) in [5.41, 5.74) is 0.781. The van der Waals surface area contributed by atoms with Gasteiger partial charge in [0.05, 0.1) is 12.2 Å². The van der Waals surface area contributed by atoms with Crippen molar-refractivity contribution in [3.8, 4) is 0 Å². The Kier molecular flexibility index (Phi) is 5.35. The van der Waals surface area contributed by atoms with Gasteiger partial charge < -0.3 is 0 Å². The second-order valence-electron chi connectivity index (χ2n) is 6.64. The quantitative estimate of drug-likeness (QED) is 0.666. The Labute approximate surface area is 138 Å². The van der Waals surface area contributed by atoms with Gasteiger partial charge in [-0.1, -0.05) is 49.9 Å². The molecule has 0 bridgehead atoms. The van der Waals surface area contributed by atoms with Crippen LogP contribution in [0.25, 0.3) is 0 Å². The van der Waals surface area contributed by atoms with E-state index in [1.54, 1.807) is 12.1 Å². The maximum absolute atomic E-state index is 13.4. The summed E-state index contributed by atoms with van der Waals surface area (Å²) in [4.78, 5) is 12.9. The van der Waals surface area contributed by atoms with Gasteiger partial charge >= 0.3 is 7.60 Å². The highest BCUT2D eigenvalue weighted by molar-refractivity contribution is 7.72. The molecule has 2 aliphatic carbocycles. The van der Waals surface area contributed by atoms with Crippen LogP contribution in [-0.2, 0) is 13.6 Å². The van der Waals surface area contributed by atoms with Crippen molar-refractivity contribution in [2.45, 2.75) is 70.5 Å². The lowest BCUT2D eigenvalue weighted by atomic mass is 10.1. The first-order valence-corrected chi connectivity index (χ1v) is 10.2. The first kappa shape index (κ1) is 16.9. The molecule has 0 atom stereocenters. The van der Waals surface area contributed by atoms with Crippen molar-refractivity contribution in [1.29, 1.82) is 0 Å². The fourth-order valence-electron chi connectivity index (χ4n) is 3.46. The van der Waals surface area contributed by atoms with Gasteiger partial charge in [-0.25, -0.2) is 0 Å². The Morgan fingerprint density at radius 2 is 1.43 bits per heavy atom. The number of carbonyl (C=O) groups is 1. The fourth-order valence-corrected chi connectivity index (χ4v) is 5.45. The monoisotopic (exact) mass is 336 g/mol. The van der Waals surface area contributed by atoms with E-state index in [-0.39, 0.29) is 12.2 Å². The number of hydrogen-bond acceptors (Lipinski definition) is 4. The van der Waals surface area contributed by atoms with E-state index in [1.165, 1.54) is 0 Å². The van der Waals surface area contributed by atoms with Gasteiger partial charge in [0.2, 0.25) is 0 Å². The lowest BCUT2D eigenvalue weighted by molar-refractivity contribution is 0.0864. The van der Waals surface area contributed by atoms with Gasteiger partial charge in [-0.2, -0.15) is 0 Å². The van der Waals surface area contributed by atoms with Gasteiger partial charge in [0.1, 0.15) is 0 Å². The molecular formula is C18H25O4P. The summed E-state index contributed by atoms with van der Waals surface area (Å²) in [5, 5.41) is 0. The second kappa shape index (κ2) is 7.29. The predicted octanol–water partition coefficient (Wildman–Crippen LogP) is 5.25. The molecule has 0 unspecified atom stereocenters. The van der Waals surface area contributed by atoms with Crippen molar-refractivity contribution in [1.82, 2.24) is 0 Å². The summed E-state index contributed by atoms with van der Waals surface area (Å²) < 4.78 is 25.0. The third-order valence-corrected chi connectivity index (χ3v) is 6.69. The zero-order valence-corrected chi connectivity index (χ0v) is 14.6.